The summed E-state index contributed by atoms with van der Waals surface area (Å²) in [4.78, 5) is 25.0. The largest absolute Gasteiger partial charge is 0.463 e. The molecule has 0 saturated carbocycles. The smallest absolute Gasteiger partial charge is 0.302 e. The Morgan fingerprint density at radius 2 is 2.35 bits per heavy atom. The van der Waals surface area contributed by atoms with Crippen molar-refractivity contribution in [2.24, 2.45) is 0 Å². The molecule has 110 valence electrons. The number of ether oxygens (including phenoxy) is 2. The molecule has 20 heavy (non-hydrogen) atoms. The van der Waals surface area contributed by atoms with Crippen LogP contribution in [0, 0.1) is 0 Å². The van der Waals surface area contributed by atoms with Gasteiger partial charge in [0.2, 0.25) is 6.41 Å². The van der Waals surface area contributed by atoms with Gasteiger partial charge >= 0.3 is 5.97 Å². The Bertz CT molecular complexity index is 490. The minimum Gasteiger partial charge on any atom is -0.463 e. The Morgan fingerprint density at radius 1 is 1.60 bits per heavy atom. The normalized spacial score (nSPS) is 29.1. The van der Waals surface area contributed by atoms with E-state index in [1.54, 1.807) is 0 Å². The molecule has 4 atom stereocenters. The van der Waals surface area contributed by atoms with Crippen LogP contribution < -0.4 is 5.32 Å². The highest BCUT2D eigenvalue weighted by Crippen LogP contribution is 2.31. The molecule has 0 aliphatic carbocycles. The van der Waals surface area contributed by atoms with Gasteiger partial charge in [0, 0.05) is 6.92 Å². The van der Waals surface area contributed by atoms with Crippen LogP contribution in [0.3, 0.4) is 0 Å². The summed E-state index contributed by atoms with van der Waals surface area (Å²) in [6.07, 6.45) is -1.07. The molecule has 1 aromatic heterocycles. The van der Waals surface area contributed by atoms with Crippen LogP contribution >= 0.6 is 0 Å². The minimum absolute atomic E-state index is 0.171. The van der Waals surface area contributed by atoms with Crippen molar-refractivity contribution in [3.63, 3.8) is 0 Å². The SMILES string of the molecule is CC(=O)OC[C@H]1O[C@@H](n2cncc2NC=O)[C@H](O)[C@@H]1O. The van der Waals surface area contributed by atoms with Crippen molar-refractivity contribution in [1.82, 2.24) is 9.55 Å². The molecule has 1 aromatic rings. The second-order valence-electron chi connectivity index (χ2n) is 4.30. The number of esters is 1. The predicted molar refractivity (Wildman–Crippen MR) is 64.5 cm³/mol. The number of carbonyl (C=O) groups excluding carboxylic acids is 2. The van der Waals surface area contributed by atoms with E-state index in [1.807, 2.05) is 0 Å². The summed E-state index contributed by atoms with van der Waals surface area (Å²) < 4.78 is 11.6. The molecule has 2 heterocycles. The van der Waals surface area contributed by atoms with Crippen LogP contribution in [-0.4, -0.2) is 57.1 Å². The summed E-state index contributed by atoms with van der Waals surface area (Å²) in [7, 11) is 0. The Labute approximate surface area is 114 Å². The highest BCUT2D eigenvalue weighted by molar-refractivity contribution is 5.68. The zero-order valence-corrected chi connectivity index (χ0v) is 10.7. The van der Waals surface area contributed by atoms with Gasteiger partial charge in [0.25, 0.3) is 0 Å². The summed E-state index contributed by atoms with van der Waals surface area (Å²) >= 11 is 0. The number of amides is 1. The van der Waals surface area contributed by atoms with E-state index >= 15 is 0 Å². The van der Waals surface area contributed by atoms with Crippen LogP contribution in [0.15, 0.2) is 12.5 Å². The zero-order valence-electron chi connectivity index (χ0n) is 10.7. The third-order valence-electron chi connectivity index (χ3n) is 2.94. The molecule has 0 bridgehead atoms. The van der Waals surface area contributed by atoms with E-state index in [9.17, 15) is 19.8 Å². The van der Waals surface area contributed by atoms with E-state index in [-0.39, 0.29) is 6.61 Å². The van der Waals surface area contributed by atoms with Crippen molar-refractivity contribution in [2.75, 3.05) is 11.9 Å². The van der Waals surface area contributed by atoms with Gasteiger partial charge in [-0.1, -0.05) is 0 Å². The number of imidazole rings is 1. The topological polar surface area (TPSA) is 123 Å². The molecule has 1 fully saturated rings. The van der Waals surface area contributed by atoms with Gasteiger partial charge < -0.3 is 25.0 Å². The van der Waals surface area contributed by atoms with Crippen LogP contribution in [0.1, 0.15) is 13.2 Å². The van der Waals surface area contributed by atoms with Gasteiger partial charge in [-0.05, 0) is 0 Å². The lowest BCUT2D eigenvalue weighted by Crippen LogP contribution is -2.34. The predicted octanol–water partition coefficient (Wildman–Crippen LogP) is -1.37. The Kier molecular flexibility index (Phi) is 4.32. The number of aromatic nitrogens is 2. The number of hydrogen-bond acceptors (Lipinski definition) is 7. The van der Waals surface area contributed by atoms with E-state index < -0.39 is 30.5 Å². The Morgan fingerprint density at radius 3 is 3.00 bits per heavy atom. The third kappa shape index (κ3) is 2.79. The molecular formula is C11H15N3O6. The molecule has 0 radical (unpaired) electrons. The van der Waals surface area contributed by atoms with E-state index in [0.717, 1.165) is 0 Å². The first-order valence-electron chi connectivity index (χ1n) is 5.91. The highest BCUT2D eigenvalue weighted by atomic mass is 16.6. The second kappa shape index (κ2) is 5.99. The average Bonchev–Trinajstić information content (AvgIpc) is 2.95. The van der Waals surface area contributed by atoms with Crippen LogP contribution in [0.25, 0.3) is 0 Å². The maximum atomic E-state index is 10.8. The third-order valence-corrected chi connectivity index (χ3v) is 2.94. The van der Waals surface area contributed by atoms with Gasteiger partial charge in [0.1, 0.15) is 30.7 Å². The maximum Gasteiger partial charge on any atom is 0.302 e. The quantitative estimate of drug-likeness (QED) is 0.450. The summed E-state index contributed by atoms with van der Waals surface area (Å²) in [6, 6.07) is 0. The van der Waals surface area contributed by atoms with Gasteiger partial charge in [-0.25, -0.2) is 4.98 Å². The molecule has 2 rings (SSSR count). The van der Waals surface area contributed by atoms with Crippen molar-refractivity contribution >= 4 is 18.2 Å². The highest BCUT2D eigenvalue weighted by Gasteiger charge is 2.44. The first-order valence-corrected chi connectivity index (χ1v) is 5.91. The maximum absolute atomic E-state index is 10.8. The molecule has 0 unspecified atom stereocenters. The Hall–Kier alpha value is -1.97. The molecule has 1 amide bonds. The molecular weight excluding hydrogens is 270 g/mol. The number of hydrogen-bond donors (Lipinski definition) is 3. The standard InChI is InChI=1S/C11H15N3O6/c1-6(16)19-3-7-9(17)10(18)11(20-7)14-4-12-2-8(14)13-5-15/h2,4-5,7,9-11,17-18H,3H2,1H3,(H,13,15)/t7-,9-,10-,11-/m1/s1. The molecule has 1 aliphatic heterocycles. The van der Waals surface area contributed by atoms with E-state index in [1.165, 1.54) is 24.0 Å². The first kappa shape index (κ1) is 14.4. The lowest BCUT2D eigenvalue weighted by atomic mass is 10.1. The van der Waals surface area contributed by atoms with E-state index in [2.05, 4.69) is 10.3 Å². The lowest BCUT2D eigenvalue weighted by molar-refractivity contribution is -0.147. The molecule has 9 nitrogen and oxygen atoms in total. The summed E-state index contributed by atoms with van der Waals surface area (Å²) in [5.41, 5.74) is 0. The van der Waals surface area contributed by atoms with Gasteiger partial charge in [-0.15, -0.1) is 0 Å². The van der Waals surface area contributed by atoms with Crippen molar-refractivity contribution in [2.45, 2.75) is 31.5 Å². The van der Waals surface area contributed by atoms with Crippen LogP contribution in [0.4, 0.5) is 5.82 Å². The number of nitrogens with zero attached hydrogens (tertiary/aromatic N) is 2. The number of aliphatic hydroxyl groups is 2. The summed E-state index contributed by atoms with van der Waals surface area (Å²) in [5.74, 6) is -0.200. The van der Waals surface area contributed by atoms with E-state index in [4.69, 9.17) is 9.47 Å². The molecule has 1 saturated heterocycles. The first-order chi connectivity index (χ1) is 9.54. The van der Waals surface area contributed by atoms with Crippen LogP contribution in [0.5, 0.6) is 0 Å². The van der Waals surface area contributed by atoms with Crippen LogP contribution in [0.2, 0.25) is 0 Å². The summed E-state index contributed by atoms with van der Waals surface area (Å²) in [6.45, 7) is 1.06. The summed E-state index contributed by atoms with van der Waals surface area (Å²) in [5, 5.41) is 22.2. The molecule has 1 aliphatic rings. The van der Waals surface area contributed by atoms with Gasteiger partial charge in [-0.2, -0.15) is 0 Å². The fraction of sp³-hybridized carbons (Fsp3) is 0.545. The molecule has 0 aromatic carbocycles. The van der Waals surface area contributed by atoms with Crippen LogP contribution in [-0.2, 0) is 19.1 Å². The van der Waals surface area contributed by atoms with Crippen molar-refractivity contribution in [3.8, 4) is 0 Å². The minimum atomic E-state index is -1.24. The van der Waals surface area contributed by atoms with Gasteiger partial charge in [-0.3, -0.25) is 14.2 Å². The lowest BCUT2D eigenvalue weighted by Gasteiger charge is -2.18. The fourth-order valence-corrected chi connectivity index (χ4v) is 1.98. The molecule has 0 spiro atoms. The second-order valence-corrected chi connectivity index (χ2v) is 4.30. The number of carbonyl (C=O) groups is 2. The monoisotopic (exact) mass is 285 g/mol. The molecule has 3 N–H and O–H groups in total. The van der Waals surface area contributed by atoms with E-state index in [0.29, 0.717) is 12.2 Å². The zero-order chi connectivity index (χ0) is 14.7. The average molecular weight is 285 g/mol. The van der Waals surface area contributed by atoms with Gasteiger partial charge in [0.15, 0.2) is 6.23 Å². The number of aliphatic hydroxyl groups excluding tert-OH is 2. The Balaban J connectivity index is 2.11. The fourth-order valence-electron chi connectivity index (χ4n) is 1.98. The molecule has 9 heteroatoms. The number of nitrogens with one attached hydrogen (secondary N) is 1. The number of anilines is 1. The van der Waals surface area contributed by atoms with Crippen molar-refractivity contribution in [1.29, 1.82) is 0 Å². The van der Waals surface area contributed by atoms with Crippen molar-refractivity contribution < 1.29 is 29.3 Å². The van der Waals surface area contributed by atoms with Crippen molar-refractivity contribution in [3.05, 3.63) is 12.5 Å². The number of rotatable bonds is 5. The van der Waals surface area contributed by atoms with Gasteiger partial charge in [0.05, 0.1) is 12.5 Å².